The maximum Gasteiger partial charge on any atom is 0.0927 e. The summed E-state index contributed by atoms with van der Waals surface area (Å²) in [6.45, 7) is 2.31. The number of nitrogens with one attached hydrogen (secondary N) is 1. The fourth-order valence-electron chi connectivity index (χ4n) is 4.22. The van der Waals surface area contributed by atoms with Crippen LogP contribution in [-0.2, 0) is 5.41 Å². The molecule has 1 unspecified atom stereocenters. The average Bonchev–Trinajstić information content (AvgIpc) is 3.25. The maximum absolute atomic E-state index is 6.23. The number of nitrogens with two attached hydrogens (primary N) is 1. The van der Waals surface area contributed by atoms with Crippen LogP contribution in [0.25, 0.3) is 23.1 Å². The molecule has 3 N–H and O–H groups in total. The van der Waals surface area contributed by atoms with Crippen molar-refractivity contribution < 1.29 is 0 Å². The molecule has 1 fully saturated rings. The molecule has 1 aliphatic carbocycles. The first-order chi connectivity index (χ1) is 13.6. The maximum atomic E-state index is 6.23. The van der Waals surface area contributed by atoms with Gasteiger partial charge in [0, 0.05) is 28.9 Å². The normalized spacial score (nSPS) is 21.4. The fraction of sp³-hybridized carbons (Fsp3) is 0.167. The predicted molar refractivity (Wildman–Crippen MR) is 115 cm³/mol. The summed E-state index contributed by atoms with van der Waals surface area (Å²) >= 11 is 0. The van der Waals surface area contributed by atoms with E-state index in [9.17, 15) is 0 Å². The van der Waals surface area contributed by atoms with E-state index in [2.05, 4.69) is 52.4 Å². The van der Waals surface area contributed by atoms with E-state index < -0.39 is 0 Å². The second-order valence-corrected chi connectivity index (χ2v) is 7.79. The highest BCUT2D eigenvalue weighted by Gasteiger charge is 2.52. The van der Waals surface area contributed by atoms with Gasteiger partial charge in [0.1, 0.15) is 0 Å². The lowest BCUT2D eigenvalue weighted by atomic mass is 9.91. The van der Waals surface area contributed by atoms with Crippen molar-refractivity contribution in [3.63, 3.8) is 0 Å². The summed E-state index contributed by atoms with van der Waals surface area (Å²) < 4.78 is 0. The molecule has 0 bridgehead atoms. The molecule has 0 spiro atoms. The molecule has 4 heteroatoms. The highest BCUT2D eigenvalue weighted by Crippen LogP contribution is 2.61. The Morgan fingerprint density at radius 3 is 2.82 bits per heavy atom. The van der Waals surface area contributed by atoms with Crippen molar-refractivity contribution in [2.75, 3.05) is 5.73 Å². The second-order valence-electron chi connectivity index (χ2n) is 7.79. The minimum Gasteiger partial charge on any atom is -0.398 e. The molecule has 2 aromatic heterocycles. The number of anilines is 1. The largest absolute Gasteiger partial charge is 0.398 e. The molecule has 0 saturated heterocycles. The van der Waals surface area contributed by atoms with Crippen LogP contribution in [0.3, 0.4) is 0 Å². The van der Waals surface area contributed by atoms with Gasteiger partial charge in [0.25, 0.3) is 0 Å². The van der Waals surface area contributed by atoms with Crippen molar-refractivity contribution in [1.82, 2.24) is 15.2 Å². The number of H-pyrrole nitrogens is 1. The lowest BCUT2D eigenvalue weighted by Crippen LogP contribution is -2.07. The molecule has 4 aromatic rings. The number of hydrogen-bond donors (Lipinski definition) is 2. The first-order valence-corrected chi connectivity index (χ1v) is 9.56. The van der Waals surface area contributed by atoms with Crippen LogP contribution in [-0.4, -0.2) is 15.2 Å². The van der Waals surface area contributed by atoms with Crippen LogP contribution in [0.4, 0.5) is 5.69 Å². The number of nitrogens with zero attached hydrogens (tertiary/aromatic N) is 2. The Bertz CT molecular complexity index is 1180. The van der Waals surface area contributed by atoms with E-state index in [0.29, 0.717) is 5.92 Å². The van der Waals surface area contributed by atoms with E-state index in [0.717, 1.165) is 34.3 Å². The second kappa shape index (κ2) is 6.34. The van der Waals surface area contributed by atoms with Crippen LogP contribution in [0, 0.1) is 0 Å². The van der Waals surface area contributed by atoms with Crippen molar-refractivity contribution in [2.45, 2.75) is 24.7 Å². The summed E-state index contributed by atoms with van der Waals surface area (Å²) in [6.07, 6.45) is 8.80. The van der Waals surface area contributed by atoms with Crippen LogP contribution in [0.5, 0.6) is 0 Å². The summed E-state index contributed by atoms with van der Waals surface area (Å²) in [6, 6.07) is 18.8. The lowest BCUT2D eigenvalue weighted by molar-refractivity contribution is 0.752. The first-order valence-electron chi connectivity index (χ1n) is 9.56. The molecule has 4 nitrogen and oxygen atoms in total. The van der Waals surface area contributed by atoms with Crippen molar-refractivity contribution in [2.24, 2.45) is 0 Å². The van der Waals surface area contributed by atoms with Gasteiger partial charge in [-0.25, -0.2) is 0 Å². The number of fused-ring (bicyclic) bond motifs is 1. The number of benzene rings is 2. The van der Waals surface area contributed by atoms with Gasteiger partial charge in [0.15, 0.2) is 0 Å². The molecule has 28 heavy (non-hydrogen) atoms. The van der Waals surface area contributed by atoms with Gasteiger partial charge in [-0.1, -0.05) is 49.4 Å². The van der Waals surface area contributed by atoms with Crippen LogP contribution < -0.4 is 5.73 Å². The molecule has 138 valence electrons. The zero-order chi connectivity index (χ0) is 19.1. The van der Waals surface area contributed by atoms with Crippen LogP contribution in [0.15, 0.2) is 67.0 Å². The third-order valence-corrected chi connectivity index (χ3v) is 5.95. The lowest BCUT2D eigenvalue weighted by Gasteiger charge is -2.14. The van der Waals surface area contributed by atoms with Crippen molar-refractivity contribution in [1.29, 1.82) is 0 Å². The Kier molecular flexibility index (Phi) is 3.79. The Morgan fingerprint density at radius 1 is 1.11 bits per heavy atom. The van der Waals surface area contributed by atoms with Gasteiger partial charge in [-0.3, -0.25) is 10.1 Å². The number of rotatable bonds is 4. The quantitative estimate of drug-likeness (QED) is 0.491. The first kappa shape index (κ1) is 16.8. The Morgan fingerprint density at radius 2 is 2.00 bits per heavy atom. The van der Waals surface area contributed by atoms with Gasteiger partial charge in [-0.15, -0.1) is 0 Å². The Labute approximate surface area is 164 Å². The van der Waals surface area contributed by atoms with E-state index in [1.54, 1.807) is 6.20 Å². The minimum atomic E-state index is 0.113. The van der Waals surface area contributed by atoms with E-state index in [1.165, 1.54) is 11.1 Å². The number of nitrogen functional groups attached to an aromatic ring is 1. The van der Waals surface area contributed by atoms with E-state index >= 15 is 0 Å². The molecule has 0 radical (unpaired) electrons. The van der Waals surface area contributed by atoms with Gasteiger partial charge in [-0.05, 0) is 53.3 Å². The highest BCUT2D eigenvalue weighted by molar-refractivity contribution is 5.89. The number of aromatic amines is 1. The predicted octanol–water partition coefficient (Wildman–Crippen LogP) is 5.16. The van der Waals surface area contributed by atoms with Gasteiger partial charge in [0.05, 0.1) is 11.2 Å². The van der Waals surface area contributed by atoms with Crippen LogP contribution in [0.2, 0.25) is 0 Å². The third kappa shape index (κ3) is 2.78. The smallest absolute Gasteiger partial charge is 0.0927 e. The van der Waals surface area contributed by atoms with E-state index in [1.807, 2.05) is 42.6 Å². The van der Waals surface area contributed by atoms with Gasteiger partial charge < -0.3 is 5.73 Å². The number of aromatic nitrogens is 3. The molecular formula is C24H22N4. The molecular weight excluding hydrogens is 344 g/mol. The Hall–Kier alpha value is -3.40. The summed E-state index contributed by atoms with van der Waals surface area (Å²) in [7, 11) is 0. The van der Waals surface area contributed by atoms with Crippen LogP contribution in [0.1, 0.15) is 41.6 Å². The van der Waals surface area contributed by atoms with Crippen molar-refractivity contribution >= 4 is 28.7 Å². The number of hydrogen-bond acceptors (Lipinski definition) is 3. The van der Waals surface area contributed by atoms with Crippen molar-refractivity contribution in [3.05, 3.63) is 89.4 Å². The number of para-hydroxylation sites is 1. The summed E-state index contributed by atoms with van der Waals surface area (Å²) in [5.74, 6) is 0.485. The molecule has 2 atom stereocenters. The third-order valence-electron chi connectivity index (χ3n) is 5.95. The molecule has 0 aliphatic heterocycles. The van der Waals surface area contributed by atoms with Gasteiger partial charge >= 0.3 is 0 Å². The molecule has 2 heterocycles. The monoisotopic (exact) mass is 366 g/mol. The van der Waals surface area contributed by atoms with E-state index in [4.69, 9.17) is 5.73 Å². The van der Waals surface area contributed by atoms with Crippen molar-refractivity contribution in [3.8, 4) is 0 Å². The number of pyridine rings is 1. The fourth-order valence-corrected chi connectivity index (χ4v) is 4.22. The zero-order valence-electron chi connectivity index (χ0n) is 15.8. The SMILES string of the molecule is C[C@@]1(c2ccccc2N)CC1c1ccc2c(/C=C/c3cccnc3)n[nH]c2c1. The summed E-state index contributed by atoms with van der Waals surface area (Å²) in [4.78, 5) is 4.14. The van der Waals surface area contributed by atoms with E-state index in [-0.39, 0.29) is 5.41 Å². The zero-order valence-corrected chi connectivity index (χ0v) is 15.8. The van der Waals surface area contributed by atoms with Gasteiger partial charge in [-0.2, -0.15) is 5.10 Å². The Balaban J connectivity index is 1.43. The minimum absolute atomic E-state index is 0.113. The summed E-state index contributed by atoms with van der Waals surface area (Å²) in [5, 5.41) is 8.80. The topological polar surface area (TPSA) is 67.6 Å². The molecule has 2 aromatic carbocycles. The molecule has 5 rings (SSSR count). The van der Waals surface area contributed by atoms with Gasteiger partial charge in [0.2, 0.25) is 0 Å². The molecule has 1 saturated carbocycles. The van der Waals surface area contributed by atoms with Crippen LogP contribution >= 0.6 is 0 Å². The standard InChI is InChI=1S/C24H22N4/c1-24(19-6-2-3-7-21(19)25)14-20(24)17-9-10-18-22(27-28-23(18)13-17)11-8-16-5-4-12-26-15-16/h2-13,15,20H,14,25H2,1H3,(H,27,28)/b11-8+/t20?,24-/m0/s1. The summed E-state index contributed by atoms with van der Waals surface area (Å²) in [5.41, 5.74) is 12.9. The molecule has 1 aliphatic rings. The average molecular weight is 366 g/mol. The molecule has 0 amide bonds. The highest BCUT2D eigenvalue weighted by atomic mass is 15.1.